The van der Waals surface area contributed by atoms with Crippen LogP contribution in [0.1, 0.15) is 26.2 Å². The Morgan fingerprint density at radius 3 is 2.62 bits per heavy atom. The Morgan fingerprint density at radius 1 is 1.33 bits per heavy atom. The summed E-state index contributed by atoms with van der Waals surface area (Å²) >= 11 is 0. The van der Waals surface area contributed by atoms with E-state index in [0.717, 1.165) is 19.3 Å². The van der Waals surface area contributed by atoms with Crippen molar-refractivity contribution in [2.24, 2.45) is 0 Å². The molecule has 1 rings (SSSR count). The fraction of sp³-hybridized carbons (Fsp3) is 0.800. The van der Waals surface area contributed by atoms with Crippen molar-refractivity contribution in [2.75, 3.05) is 19.8 Å². The van der Waals surface area contributed by atoms with Crippen LogP contribution in [0.15, 0.2) is 11.6 Å². The molecule has 0 bridgehead atoms. The maximum absolute atomic E-state index is 11.2. The molecule has 9 nitrogen and oxygen atoms in total. The highest BCUT2D eigenvalue weighted by atomic mass is 31.3. The molecule has 0 aliphatic carbocycles. The molecule has 1 saturated heterocycles. The van der Waals surface area contributed by atoms with E-state index in [1.54, 1.807) is 13.0 Å². The lowest BCUT2D eigenvalue weighted by molar-refractivity contribution is -0.155. The summed E-state index contributed by atoms with van der Waals surface area (Å²) < 4.78 is 40.5. The van der Waals surface area contributed by atoms with Crippen molar-refractivity contribution in [3.05, 3.63) is 11.6 Å². The number of phosphoric ester groups is 1. The van der Waals surface area contributed by atoms with Gasteiger partial charge in [-0.05, 0) is 31.8 Å². The Balaban J connectivity index is 2.28. The van der Waals surface area contributed by atoms with Gasteiger partial charge in [-0.25, -0.2) is 9.13 Å². The first-order valence-corrected chi connectivity index (χ1v) is 9.33. The van der Waals surface area contributed by atoms with Crippen LogP contribution in [0.4, 0.5) is 0 Å². The third kappa shape index (κ3) is 9.52. The molecule has 0 aromatic carbocycles. The van der Waals surface area contributed by atoms with Gasteiger partial charge in [0, 0.05) is 6.61 Å². The number of hydrogen-bond acceptors (Lipinski definition) is 6. The molecular formula is C10H20O9P2. The summed E-state index contributed by atoms with van der Waals surface area (Å²) in [5, 5.41) is 0. The molecule has 124 valence electrons. The number of rotatable bonds is 8. The Kier molecular flexibility index (Phi) is 7.70. The van der Waals surface area contributed by atoms with E-state index < -0.39 is 15.6 Å². The van der Waals surface area contributed by atoms with Gasteiger partial charge in [0.05, 0.1) is 13.2 Å². The third-order valence-corrected chi connectivity index (χ3v) is 4.65. The zero-order chi connectivity index (χ0) is 15.9. The highest BCUT2D eigenvalue weighted by Crippen LogP contribution is 2.57. The Labute approximate surface area is 122 Å². The van der Waals surface area contributed by atoms with Gasteiger partial charge in [-0.2, -0.15) is 4.31 Å². The lowest BCUT2D eigenvalue weighted by Crippen LogP contribution is -2.22. The van der Waals surface area contributed by atoms with Crippen LogP contribution in [-0.2, 0) is 27.4 Å². The number of phosphoric acid groups is 2. The molecule has 1 aliphatic heterocycles. The highest BCUT2D eigenvalue weighted by molar-refractivity contribution is 7.60. The second-order valence-electron chi connectivity index (χ2n) is 4.49. The van der Waals surface area contributed by atoms with Gasteiger partial charge in [0.2, 0.25) is 0 Å². The molecule has 0 amide bonds. The Hall–Kier alpha value is -0.0800. The third-order valence-electron chi connectivity index (χ3n) is 2.52. The van der Waals surface area contributed by atoms with E-state index in [4.69, 9.17) is 24.2 Å². The van der Waals surface area contributed by atoms with E-state index in [9.17, 15) is 9.13 Å². The molecule has 3 N–H and O–H groups in total. The molecule has 0 saturated carbocycles. The zero-order valence-corrected chi connectivity index (χ0v) is 13.4. The van der Waals surface area contributed by atoms with Gasteiger partial charge in [0.25, 0.3) is 0 Å². The van der Waals surface area contributed by atoms with Gasteiger partial charge < -0.3 is 24.2 Å². The minimum atomic E-state index is -5.09. The topological polar surface area (TPSA) is 132 Å². The van der Waals surface area contributed by atoms with Crippen molar-refractivity contribution < 1.29 is 42.1 Å². The summed E-state index contributed by atoms with van der Waals surface area (Å²) in [6.45, 7) is 2.21. The first-order valence-electron chi connectivity index (χ1n) is 6.31. The van der Waals surface area contributed by atoms with Crippen LogP contribution in [0.2, 0.25) is 0 Å². The molecule has 1 fully saturated rings. The highest BCUT2D eigenvalue weighted by Gasteiger charge is 2.32. The molecule has 2 unspecified atom stereocenters. The molecule has 1 aliphatic rings. The Bertz CT molecular complexity index is 438. The maximum atomic E-state index is 11.2. The van der Waals surface area contributed by atoms with Crippen molar-refractivity contribution in [1.29, 1.82) is 0 Å². The van der Waals surface area contributed by atoms with Gasteiger partial charge in [0.1, 0.15) is 0 Å². The van der Waals surface area contributed by atoms with Crippen molar-refractivity contribution in [3.8, 4) is 0 Å². The van der Waals surface area contributed by atoms with Crippen LogP contribution in [0.25, 0.3) is 0 Å². The summed E-state index contributed by atoms with van der Waals surface area (Å²) in [6, 6.07) is 0. The van der Waals surface area contributed by atoms with Crippen molar-refractivity contribution in [2.45, 2.75) is 32.5 Å². The summed E-state index contributed by atoms with van der Waals surface area (Å²) in [5.74, 6) is 0. The lowest BCUT2D eigenvalue weighted by atomic mass is 10.2. The van der Waals surface area contributed by atoms with Gasteiger partial charge in [-0.15, -0.1) is 0 Å². The molecular weight excluding hydrogens is 326 g/mol. The quantitative estimate of drug-likeness (QED) is 0.444. The van der Waals surface area contributed by atoms with Crippen LogP contribution in [0.3, 0.4) is 0 Å². The predicted molar refractivity (Wildman–Crippen MR) is 72.2 cm³/mol. The first kappa shape index (κ1) is 19.0. The zero-order valence-electron chi connectivity index (χ0n) is 11.6. The molecule has 0 radical (unpaired) electrons. The average Bonchev–Trinajstić information content (AvgIpc) is 2.35. The second-order valence-corrected chi connectivity index (χ2v) is 7.32. The second kappa shape index (κ2) is 8.53. The molecule has 2 atom stereocenters. The number of ether oxygens (including phenoxy) is 2. The van der Waals surface area contributed by atoms with Crippen molar-refractivity contribution >= 4 is 15.6 Å². The summed E-state index contributed by atoms with van der Waals surface area (Å²) in [5.41, 5.74) is 0.550. The largest absolute Gasteiger partial charge is 0.481 e. The van der Waals surface area contributed by atoms with E-state index in [0.29, 0.717) is 12.2 Å². The molecule has 1 heterocycles. The number of hydrogen-bond donors (Lipinski definition) is 3. The monoisotopic (exact) mass is 346 g/mol. The van der Waals surface area contributed by atoms with Crippen molar-refractivity contribution in [3.63, 3.8) is 0 Å². The Morgan fingerprint density at radius 2 is 2.05 bits per heavy atom. The van der Waals surface area contributed by atoms with E-state index in [1.807, 2.05) is 0 Å². The van der Waals surface area contributed by atoms with Gasteiger partial charge in [-0.1, -0.05) is 6.08 Å². The molecule has 0 spiro atoms. The summed E-state index contributed by atoms with van der Waals surface area (Å²) in [7, 11) is -9.88. The average molecular weight is 346 g/mol. The van der Waals surface area contributed by atoms with Gasteiger partial charge in [-0.3, -0.25) is 4.52 Å². The molecule has 11 heteroatoms. The maximum Gasteiger partial charge on any atom is 0.481 e. The van der Waals surface area contributed by atoms with Crippen LogP contribution < -0.4 is 0 Å². The predicted octanol–water partition coefficient (Wildman–Crippen LogP) is 1.70. The van der Waals surface area contributed by atoms with Crippen LogP contribution in [-0.4, -0.2) is 40.8 Å². The standard InChI is InChI=1S/C10H20O9P2/c1-9(5-7-17-10-4-2-3-6-16-10)8-18-21(14,15)19-20(11,12)13/h5,10H,2-4,6-8H2,1H3,(H,14,15)(H2,11,12,13)/b9-5-. The lowest BCUT2D eigenvalue weighted by Gasteiger charge is -2.22. The minimum absolute atomic E-state index is 0.245. The smallest absolute Gasteiger partial charge is 0.353 e. The van der Waals surface area contributed by atoms with Gasteiger partial charge >= 0.3 is 15.6 Å². The molecule has 0 aromatic rings. The van der Waals surface area contributed by atoms with Crippen LogP contribution in [0.5, 0.6) is 0 Å². The van der Waals surface area contributed by atoms with Crippen LogP contribution >= 0.6 is 15.6 Å². The normalized spacial score (nSPS) is 23.8. The fourth-order valence-corrected chi connectivity index (χ4v) is 3.17. The fourth-order valence-electron chi connectivity index (χ4n) is 1.54. The first-order chi connectivity index (χ1) is 9.68. The molecule has 0 aromatic heterocycles. The summed E-state index contributed by atoms with van der Waals surface area (Å²) in [4.78, 5) is 25.9. The van der Waals surface area contributed by atoms with E-state index in [2.05, 4.69) is 8.83 Å². The van der Waals surface area contributed by atoms with Gasteiger partial charge in [0.15, 0.2) is 6.29 Å². The molecule has 21 heavy (non-hydrogen) atoms. The SMILES string of the molecule is C/C(=C/COC1CCCCO1)COP(=O)(O)OP(=O)(O)O. The van der Waals surface area contributed by atoms with E-state index >= 15 is 0 Å². The minimum Gasteiger partial charge on any atom is -0.353 e. The van der Waals surface area contributed by atoms with E-state index in [-0.39, 0.29) is 19.5 Å². The van der Waals surface area contributed by atoms with Crippen molar-refractivity contribution in [1.82, 2.24) is 0 Å². The summed E-state index contributed by atoms with van der Waals surface area (Å²) in [6.07, 6.45) is 4.27. The van der Waals surface area contributed by atoms with Crippen LogP contribution in [0, 0.1) is 0 Å². The van der Waals surface area contributed by atoms with E-state index in [1.165, 1.54) is 0 Å².